The van der Waals surface area contributed by atoms with Crippen molar-refractivity contribution in [2.45, 2.75) is 90.0 Å². The molecule has 0 unspecified atom stereocenters. The minimum absolute atomic E-state index is 0.0411. The molecule has 0 N–H and O–H groups in total. The summed E-state index contributed by atoms with van der Waals surface area (Å²) in [4.78, 5) is 33.7. The van der Waals surface area contributed by atoms with Crippen molar-refractivity contribution in [3.05, 3.63) is 105 Å². The lowest BCUT2D eigenvalue weighted by atomic mass is 9.99. The minimum atomic E-state index is -3.77. The number of carbonyl (C=O) groups is 2. The monoisotopic (exact) mass is 839 g/mol. The summed E-state index contributed by atoms with van der Waals surface area (Å²) >= 11 is 6.23. The zero-order chi connectivity index (χ0) is 41.8. The van der Waals surface area contributed by atoms with Gasteiger partial charge in [-0.25, -0.2) is 8.42 Å². The number of carbonyl (C=O) groups excluding carboxylic acids is 2. The number of unbranched alkanes of at least 4 members (excludes halogenated alkanes) is 4. The number of methoxy groups -OCH3 is 1. The van der Waals surface area contributed by atoms with Gasteiger partial charge in [0.1, 0.15) is 29.2 Å². The van der Waals surface area contributed by atoms with Crippen LogP contribution in [0.1, 0.15) is 97.2 Å². The number of aliphatic imine (C=N–C) groups is 1. The van der Waals surface area contributed by atoms with Gasteiger partial charge in [-0.15, -0.1) is 10.2 Å². The number of hydrogen-bond donors (Lipinski definition) is 0. The number of Topliss-reactive ketones (excluding diaryl/α,β-unsaturated/α-hetero) is 1. The highest BCUT2D eigenvalue weighted by molar-refractivity contribution is 7.89. The number of aryl methyl sites for hydroxylation is 4. The number of amides is 1. The Morgan fingerprint density at radius 3 is 2.24 bits per heavy atom. The quantitative estimate of drug-likeness (QED) is 0.0957. The van der Waals surface area contributed by atoms with Gasteiger partial charge in [-0.3, -0.25) is 19.1 Å². The Kier molecular flexibility index (Phi) is 12.8. The molecule has 0 aliphatic carbocycles. The summed E-state index contributed by atoms with van der Waals surface area (Å²) < 4.78 is 41.8. The van der Waals surface area contributed by atoms with Crippen LogP contribution in [0, 0.1) is 27.7 Å². The summed E-state index contributed by atoms with van der Waals surface area (Å²) in [7, 11) is -2.14. The van der Waals surface area contributed by atoms with Gasteiger partial charge in [-0.2, -0.15) is 4.31 Å². The van der Waals surface area contributed by atoms with Crippen molar-refractivity contribution in [3.8, 4) is 22.6 Å². The number of hydrogen-bond acceptors (Lipinski definition) is 10. The van der Waals surface area contributed by atoms with E-state index in [9.17, 15) is 18.0 Å². The number of nitrogens with zero attached hydrogens (tertiary/aromatic N) is 7. The molecule has 0 spiro atoms. The zero-order valence-corrected chi connectivity index (χ0v) is 35.8. The van der Waals surface area contributed by atoms with Crippen LogP contribution >= 0.6 is 11.6 Å². The number of halogens is 1. The van der Waals surface area contributed by atoms with Gasteiger partial charge in [0, 0.05) is 67.2 Å². The third kappa shape index (κ3) is 9.04. The Balaban J connectivity index is 0.877. The third-order valence-electron chi connectivity index (χ3n) is 11.2. The molecule has 1 saturated heterocycles. The highest BCUT2D eigenvalue weighted by Crippen LogP contribution is 2.35. The largest absolute Gasteiger partial charge is 0.497 e. The Hall–Kier alpha value is -5.18. The fraction of sp³-hybridized carbons (Fsp3) is 0.409. The first kappa shape index (κ1) is 42.0. The van der Waals surface area contributed by atoms with E-state index in [-0.39, 0.29) is 36.1 Å². The number of ether oxygens (including phenoxy) is 1. The predicted molar refractivity (Wildman–Crippen MR) is 226 cm³/mol. The minimum Gasteiger partial charge on any atom is -0.497 e. The second kappa shape index (κ2) is 18.0. The molecule has 0 saturated carbocycles. The fourth-order valence-electron chi connectivity index (χ4n) is 8.03. The van der Waals surface area contributed by atoms with Crippen LogP contribution in [-0.4, -0.2) is 88.2 Å². The lowest BCUT2D eigenvalue weighted by molar-refractivity contribution is -0.132. The van der Waals surface area contributed by atoms with Gasteiger partial charge in [0.2, 0.25) is 15.9 Å². The molecule has 2 aromatic heterocycles. The van der Waals surface area contributed by atoms with Gasteiger partial charge >= 0.3 is 0 Å². The van der Waals surface area contributed by atoms with Crippen LogP contribution in [-0.2, 0) is 19.6 Å². The summed E-state index contributed by atoms with van der Waals surface area (Å²) in [5.74, 6) is 2.78. The predicted octanol–water partition coefficient (Wildman–Crippen LogP) is 7.93. The van der Waals surface area contributed by atoms with Crippen LogP contribution in [0.25, 0.3) is 16.8 Å². The highest BCUT2D eigenvalue weighted by atomic mass is 35.5. The van der Waals surface area contributed by atoms with Gasteiger partial charge in [0.25, 0.3) is 0 Å². The molecule has 0 radical (unpaired) electrons. The van der Waals surface area contributed by atoms with Gasteiger partial charge in [0.15, 0.2) is 5.82 Å². The van der Waals surface area contributed by atoms with Gasteiger partial charge < -0.3 is 14.2 Å². The molecule has 1 atom stereocenters. The number of piperazine rings is 1. The maximum Gasteiger partial charge on any atom is 0.243 e. The standard InChI is InChI=1S/C44H50ClN7O6S/c1-28-13-14-33(42-29(2)49-58-30(42)3)25-40(28)59(55,56)51-23-21-50(22-24-51)41(54)12-10-8-6-7-9-11-35(53)26-38-44-48-47-31(4)52(44)39-20-19-36(57-5)27-37(39)43(46-38)32-15-17-34(45)18-16-32/h13-20,25,27,38H,6-12,21-24,26H2,1-5H3/t38-/m0/s1. The molecule has 59 heavy (non-hydrogen) atoms. The van der Waals surface area contributed by atoms with E-state index in [4.69, 9.17) is 25.9 Å². The van der Waals surface area contributed by atoms with E-state index >= 15 is 0 Å². The Bertz CT molecular complexity index is 2470. The third-order valence-corrected chi connectivity index (χ3v) is 13.5. The Morgan fingerprint density at radius 2 is 1.54 bits per heavy atom. The summed E-state index contributed by atoms with van der Waals surface area (Å²) in [5.41, 5.74) is 6.22. The SMILES string of the molecule is COc1ccc2c(c1)C(c1ccc(Cl)cc1)=N[C@@H](CC(=O)CCCCCCCC(=O)N1CCN(S(=O)(=O)c3cc(-c4c(C)noc4C)ccc3C)CC1)c1nnc(C)n1-2. The number of fused-ring (bicyclic) bond motifs is 3. The molecule has 5 aromatic rings. The van der Waals surface area contributed by atoms with Gasteiger partial charge in [0.05, 0.1) is 29.1 Å². The maximum absolute atomic E-state index is 13.8. The normalized spacial score (nSPS) is 15.7. The lowest BCUT2D eigenvalue weighted by Gasteiger charge is -2.34. The van der Waals surface area contributed by atoms with Crippen molar-refractivity contribution in [1.82, 2.24) is 29.1 Å². The molecule has 310 valence electrons. The molecule has 0 bridgehead atoms. The van der Waals surface area contributed by atoms with E-state index in [0.717, 1.165) is 65.8 Å². The molecule has 2 aliphatic heterocycles. The molecular weight excluding hydrogens is 790 g/mol. The van der Waals surface area contributed by atoms with Crippen LogP contribution in [0.4, 0.5) is 0 Å². The first-order valence-electron chi connectivity index (χ1n) is 20.1. The van der Waals surface area contributed by atoms with Crippen molar-refractivity contribution in [1.29, 1.82) is 0 Å². The van der Waals surface area contributed by atoms with E-state index in [1.807, 2.05) is 79.9 Å². The average molecular weight is 840 g/mol. The molecule has 3 aromatic carbocycles. The molecule has 1 amide bonds. The zero-order valence-electron chi connectivity index (χ0n) is 34.2. The summed E-state index contributed by atoms with van der Waals surface area (Å²) in [6, 6.07) is 18.2. The van der Waals surface area contributed by atoms with Crippen LogP contribution < -0.4 is 4.74 Å². The first-order valence-corrected chi connectivity index (χ1v) is 22.0. The van der Waals surface area contributed by atoms with Crippen LogP contribution in [0.15, 0.2) is 75.1 Å². The molecule has 7 rings (SSSR count). The second-order valence-electron chi connectivity index (χ2n) is 15.3. The van der Waals surface area contributed by atoms with Gasteiger partial charge in [-0.1, -0.05) is 60.3 Å². The first-order chi connectivity index (χ1) is 28.3. The Labute approximate surface area is 350 Å². The fourth-order valence-corrected chi connectivity index (χ4v) is 9.83. The number of rotatable bonds is 15. The van der Waals surface area contributed by atoms with Crippen molar-refractivity contribution in [3.63, 3.8) is 0 Å². The number of ketones is 1. The lowest BCUT2D eigenvalue weighted by Crippen LogP contribution is -2.50. The maximum atomic E-state index is 13.8. The van der Waals surface area contributed by atoms with Crippen LogP contribution in [0.5, 0.6) is 5.75 Å². The molecule has 1 fully saturated rings. The van der Waals surface area contributed by atoms with E-state index in [2.05, 4.69) is 15.4 Å². The number of benzene rings is 3. The highest BCUT2D eigenvalue weighted by Gasteiger charge is 2.32. The van der Waals surface area contributed by atoms with Crippen LogP contribution in [0.3, 0.4) is 0 Å². The van der Waals surface area contributed by atoms with E-state index < -0.39 is 16.1 Å². The van der Waals surface area contributed by atoms with Crippen molar-refractivity contribution in [2.24, 2.45) is 4.99 Å². The average Bonchev–Trinajstić information content (AvgIpc) is 3.74. The molecule has 2 aliphatic rings. The smallest absolute Gasteiger partial charge is 0.243 e. The Morgan fingerprint density at radius 1 is 0.847 bits per heavy atom. The van der Waals surface area contributed by atoms with Crippen molar-refractivity contribution in [2.75, 3.05) is 33.3 Å². The summed E-state index contributed by atoms with van der Waals surface area (Å²) in [5, 5.41) is 13.5. The summed E-state index contributed by atoms with van der Waals surface area (Å²) in [6.45, 7) is 8.52. The van der Waals surface area contributed by atoms with E-state index in [1.54, 1.807) is 25.0 Å². The second-order valence-corrected chi connectivity index (χ2v) is 17.6. The van der Waals surface area contributed by atoms with Crippen molar-refractivity contribution < 1.29 is 27.3 Å². The number of aromatic nitrogens is 4. The topological polar surface area (TPSA) is 153 Å². The van der Waals surface area contributed by atoms with Crippen molar-refractivity contribution >= 4 is 39.0 Å². The number of sulfonamides is 1. The molecule has 4 heterocycles. The molecule has 15 heteroatoms. The molecule has 13 nitrogen and oxygen atoms in total. The summed E-state index contributed by atoms with van der Waals surface area (Å²) in [6.07, 6.45) is 5.16. The molecular formula is C44H50ClN7O6S. The van der Waals surface area contributed by atoms with Gasteiger partial charge in [-0.05, 0) is 88.1 Å². The van der Waals surface area contributed by atoms with Crippen LogP contribution in [0.2, 0.25) is 5.02 Å². The van der Waals surface area contributed by atoms with E-state index in [0.29, 0.717) is 65.4 Å². The van der Waals surface area contributed by atoms with E-state index in [1.165, 1.54) is 4.31 Å².